The van der Waals surface area contributed by atoms with E-state index in [1.807, 2.05) is 0 Å². The Hall–Kier alpha value is -2.71. The summed E-state index contributed by atoms with van der Waals surface area (Å²) < 4.78 is 30.1. The Morgan fingerprint density at radius 3 is 2.62 bits per heavy atom. The van der Waals surface area contributed by atoms with Gasteiger partial charge in [-0.3, -0.25) is 9.78 Å². The summed E-state index contributed by atoms with van der Waals surface area (Å²) in [4.78, 5) is 16.1. The summed E-state index contributed by atoms with van der Waals surface area (Å²) in [6, 6.07) is 6.40. The van der Waals surface area contributed by atoms with Gasteiger partial charge in [0.25, 0.3) is 5.56 Å². The zero-order valence-corrected chi connectivity index (χ0v) is 13.9. The van der Waals surface area contributed by atoms with Gasteiger partial charge < -0.3 is 9.30 Å². The largest absolute Gasteiger partial charge is 0.495 e. The third-order valence-corrected chi connectivity index (χ3v) is 4.70. The van der Waals surface area contributed by atoms with Crippen LogP contribution in [0.1, 0.15) is 0 Å². The molecule has 0 radical (unpaired) electrons. The fourth-order valence-corrected chi connectivity index (χ4v) is 3.33. The first kappa shape index (κ1) is 16.2. The predicted molar refractivity (Wildman–Crippen MR) is 90.3 cm³/mol. The van der Waals surface area contributed by atoms with Gasteiger partial charge in [-0.05, 0) is 29.1 Å². The maximum atomic E-state index is 12.2. The fourth-order valence-electron chi connectivity index (χ4n) is 2.61. The molecule has 2 heterocycles. The van der Waals surface area contributed by atoms with Crippen LogP contribution in [-0.2, 0) is 17.1 Å². The van der Waals surface area contributed by atoms with Crippen molar-refractivity contribution in [1.29, 1.82) is 0 Å². The van der Waals surface area contributed by atoms with Crippen LogP contribution in [0.5, 0.6) is 5.75 Å². The number of fused-ring (bicyclic) bond motifs is 1. The molecule has 3 aromatic rings. The van der Waals surface area contributed by atoms with Gasteiger partial charge in [0.05, 0.1) is 12.5 Å². The number of methoxy groups -OCH3 is 1. The van der Waals surface area contributed by atoms with Crippen LogP contribution < -0.4 is 15.4 Å². The molecule has 0 spiro atoms. The molecule has 0 fully saturated rings. The van der Waals surface area contributed by atoms with Crippen molar-refractivity contribution >= 4 is 20.8 Å². The summed E-state index contributed by atoms with van der Waals surface area (Å²) in [6.45, 7) is 0. The number of rotatable bonds is 3. The number of pyridine rings is 2. The number of hydrogen-bond acceptors (Lipinski definition) is 5. The Morgan fingerprint density at radius 2 is 1.96 bits per heavy atom. The first-order valence-corrected chi connectivity index (χ1v) is 8.52. The highest BCUT2D eigenvalue weighted by Crippen LogP contribution is 2.32. The number of primary sulfonamides is 1. The number of benzene rings is 1. The van der Waals surface area contributed by atoms with Crippen LogP contribution in [0.15, 0.2) is 52.5 Å². The van der Waals surface area contributed by atoms with Crippen molar-refractivity contribution in [2.24, 2.45) is 12.2 Å². The molecule has 0 unspecified atom stereocenters. The van der Waals surface area contributed by atoms with Crippen molar-refractivity contribution < 1.29 is 13.2 Å². The standard InChI is InChI=1S/C16H15N3O4S/c1-19-9-13(11-5-6-18-8-12(11)16(19)20)10-3-4-14(23-2)15(7-10)24(17,21)22/h3-9H,1-2H3,(H2,17,21,22). The Labute approximate surface area is 138 Å². The molecule has 124 valence electrons. The number of ether oxygens (including phenoxy) is 1. The number of aryl methyl sites for hydroxylation is 1. The normalized spacial score (nSPS) is 11.6. The van der Waals surface area contributed by atoms with Crippen molar-refractivity contribution in [2.75, 3.05) is 7.11 Å². The van der Waals surface area contributed by atoms with E-state index < -0.39 is 10.0 Å². The second kappa shape index (κ2) is 5.73. The first-order valence-electron chi connectivity index (χ1n) is 6.97. The third-order valence-electron chi connectivity index (χ3n) is 3.77. The average Bonchev–Trinajstić information content (AvgIpc) is 2.57. The van der Waals surface area contributed by atoms with Gasteiger partial charge in [0, 0.05) is 31.2 Å². The molecule has 2 N–H and O–H groups in total. The lowest BCUT2D eigenvalue weighted by atomic mass is 10.0. The molecule has 7 nitrogen and oxygen atoms in total. The highest BCUT2D eigenvalue weighted by atomic mass is 32.2. The molecule has 0 aliphatic heterocycles. The number of hydrogen-bond donors (Lipinski definition) is 1. The van der Waals surface area contributed by atoms with Gasteiger partial charge in [-0.1, -0.05) is 6.07 Å². The Balaban J connectivity index is 2.37. The molecule has 0 aliphatic carbocycles. The number of nitrogens with zero attached hydrogens (tertiary/aromatic N) is 2. The number of sulfonamides is 1. The Morgan fingerprint density at radius 1 is 1.21 bits per heavy atom. The molecule has 0 atom stereocenters. The molecule has 0 aliphatic rings. The summed E-state index contributed by atoms with van der Waals surface area (Å²) >= 11 is 0. The first-order chi connectivity index (χ1) is 11.3. The van der Waals surface area contributed by atoms with Crippen LogP contribution in [0.2, 0.25) is 0 Å². The minimum atomic E-state index is -3.95. The van der Waals surface area contributed by atoms with Gasteiger partial charge in [0.15, 0.2) is 0 Å². The van der Waals surface area contributed by atoms with Crippen LogP contribution in [0.4, 0.5) is 0 Å². The van der Waals surface area contributed by atoms with Gasteiger partial charge in [0.2, 0.25) is 10.0 Å². The second-order valence-electron chi connectivity index (χ2n) is 5.29. The van der Waals surface area contributed by atoms with Gasteiger partial charge in [-0.25, -0.2) is 13.6 Å². The van der Waals surface area contributed by atoms with Crippen LogP contribution >= 0.6 is 0 Å². The minimum Gasteiger partial charge on any atom is -0.495 e. The Bertz CT molecular complexity index is 1100. The molecule has 1 aromatic carbocycles. The van der Waals surface area contributed by atoms with E-state index in [2.05, 4.69) is 4.98 Å². The van der Waals surface area contributed by atoms with Gasteiger partial charge in [-0.15, -0.1) is 0 Å². The highest BCUT2D eigenvalue weighted by Gasteiger charge is 2.17. The van der Waals surface area contributed by atoms with E-state index in [-0.39, 0.29) is 16.2 Å². The fraction of sp³-hybridized carbons (Fsp3) is 0.125. The van der Waals surface area contributed by atoms with Crippen molar-refractivity contribution in [3.8, 4) is 16.9 Å². The summed E-state index contributed by atoms with van der Waals surface area (Å²) in [7, 11) is -0.954. The van der Waals surface area contributed by atoms with Crippen molar-refractivity contribution in [3.63, 3.8) is 0 Å². The summed E-state index contributed by atoms with van der Waals surface area (Å²) in [5.74, 6) is 0.164. The lowest BCUT2D eigenvalue weighted by Crippen LogP contribution is -2.17. The van der Waals surface area contributed by atoms with Crippen molar-refractivity contribution in [3.05, 3.63) is 53.2 Å². The maximum absolute atomic E-state index is 12.2. The molecule has 0 amide bonds. The number of nitrogens with two attached hydrogens (primary N) is 1. The molecule has 24 heavy (non-hydrogen) atoms. The van der Waals surface area contributed by atoms with Crippen LogP contribution in [0.25, 0.3) is 21.9 Å². The molecular weight excluding hydrogens is 330 g/mol. The van der Waals surface area contributed by atoms with E-state index in [0.717, 1.165) is 0 Å². The SMILES string of the molecule is COc1ccc(-c2cn(C)c(=O)c3cnccc23)cc1S(N)(=O)=O. The summed E-state index contributed by atoms with van der Waals surface area (Å²) in [5.41, 5.74) is 1.12. The van der Waals surface area contributed by atoms with Crippen molar-refractivity contribution in [1.82, 2.24) is 9.55 Å². The monoisotopic (exact) mass is 345 g/mol. The maximum Gasteiger partial charge on any atom is 0.259 e. The van der Waals surface area contributed by atoms with Crippen LogP contribution in [-0.4, -0.2) is 25.1 Å². The molecular formula is C16H15N3O4S. The van der Waals surface area contributed by atoms with Crippen LogP contribution in [0, 0.1) is 0 Å². The lowest BCUT2D eigenvalue weighted by molar-refractivity contribution is 0.403. The van der Waals surface area contributed by atoms with E-state index in [4.69, 9.17) is 9.88 Å². The zero-order valence-electron chi connectivity index (χ0n) is 13.1. The molecule has 3 rings (SSSR count). The Kier molecular flexibility index (Phi) is 3.86. The number of aromatic nitrogens is 2. The minimum absolute atomic E-state index is 0.112. The molecule has 0 saturated heterocycles. The quantitative estimate of drug-likeness (QED) is 0.769. The van der Waals surface area contributed by atoms with Gasteiger partial charge in [-0.2, -0.15) is 0 Å². The van der Waals surface area contributed by atoms with Crippen LogP contribution in [0.3, 0.4) is 0 Å². The van der Waals surface area contributed by atoms with E-state index in [0.29, 0.717) is 21.9 Å². The summed E-state index contributed by atoms with van der Waals surface area (Å²) in [6.07, 6.45) is 4.72. The molecule has 8 heteroatoms. The lowest BCUT2D eigenvalue weighted by Gasteiger charge is -2.12. The van der Waals surface area contributed by atoms with Gasteiger partial charge >= 0.3 is 0 Å². The summed E-state index contributed by atoms with van der Waals surface area (Å²) in [5, 5.41) is 6.40. The van der Waals surface area contributed by atoms with Crippen molar-refractivity contribution in [2.45, 2.75) is 4.90 Å². The molecule has 2 aromatic heterocycles. The van der Waals surface area contributed by atoms with E-state index in [1.165, 1.54) is 30.0 Å². The zero-order chi connectivity index (χ0) is 17.5. The van der Waals surface area contributed by atoms with E-state index in [1.54, 1.807) is 31.6 Å². The third kappa shape index (κ3) is 2.66. The highest BCUT2D eigenvalue weighted by molar-refractivity contribution is 7.89. The second-order valence-corrected chi connectivity index (χ2v) is 6.82. The predicted octanol–water partition coefficient (Wildman–Crippen LogP) is 1.26. The average molecular weight is 345 g/mol. The molecule has 0 saturated carbocycles. The topological polar surface area (TPSA) is 104 Å². The van der Waals surface area contributed by atoms with Gasteiger partial charge in [0.1, 0.15) is 10.6 Å². The molecule has 0 bridgehead atoms. The van der Waals surface area contributed by atoms with E-state index in [9.17, 15) is 13.2 Å². The van der Waals surface area contributed by atoms with E-state index >= 15 is 0 Å². The smallest absolute Gasteiger partial charge is 0.259 e.